The number of carbonyl (C=O) groups is 1. The predicted octanol–water partition coefficient (Wildman–Crippen LogP) is 3.72. The topological polar surface area (TPSA) is 101 Å². The van der Waals surface area contributed by atoms with Crippen molar-refractivity contribution in [1.82, 2.24) is 14.5 Å². The number of thioether (sulfide) groups is 1. The molecule has 3 rings (SSSR count). The third-order valence-electron chi connectivity index (χ3n) is 4.54. The molecule has 2 aromatic rings. The van der Waals surface area contributed by atoms with Gasteiger partial charge in [0.1, 0.15) is 5.75 Å². The summed E-state index contributed by atoms with van der Waals surface area (Å²) in [7, 11) is -2.22. The minimum absolute atomic E-state index is 0.0841. The Morgan fingerprint density at radius 2 is 2.00 bits per heavy atom. The van der Waals surface area contributed by atoms with Crippen LogP contribution in [0.15, 0.2) is 27.4 Å². The van der Waals surface area contributed by atoms with E-state index in [9.17, 15) is 13.2 Å². The zero-order valence-electron chi connectivity index (χ0n) is 17.3. The summed E-state index contributed by atoms with van der Waals surface area (Å²) in [6.07, 6.45) is 2.72. The summed E-state index contributed by atoms with van der Waals surface area (Å²) in [6.45, 7) is 5.23. The van der Waals surface area contributed by atoms with Crippen LogP contribution in [-0.2, 0) is 10.0 Å². The van der Waals surface area contributed by atoms with Gasteiger partial charge in [-0.2, -0.15) is 4.31 Å². The maximum atomic E-state index is 13.0. The number of piperidine rings is 1. The lowest BCUT2D eigenvalue weighted by molar-refractivity contribution is 0.102. The molecule has 8 nitrogen and oxygen atoms in total. The molecule has 1 aliphatic heterocycles. The summed E-state index contributed by atoms with van der Waals surface area (Å²) < 4.78 is 33.5. The molecule has 0 bridgehead atoms. The number of anilines is 1. The minimum atomic E-state index is -3.66. The first-order valence-corrected chi connectivity index (χ1v) is 13.0. The number of amides is 1. The van der Waals surface area contributed by atoms with Crippen molar-refractivity contribution in [3.8, 4) is 5.75 Å². The number of benzene rings is 1. The summed E-state index contributed by atoms with van der Waals surface area (Å²) >= 11 is 2.87. The van der Waals surface area contributed by atoms with Crippen molar-refractivity contribution in [3.05, 3.63) is 23.8 Å². The van der Waals surface area contributed by atoms with E-state index >= 15 is 0 Å². The molecule has 1 aliphatic rings. The van der Waals surface area contributed by atoms with Crippen molar-refractivity contribution >= 4 is 44.2 Å². The third-order valence-corrected chi connectivity index (χ3v) is 8.83. The first-order chi connectivity index (χ1) is 14.3. The van der Waals surface area contributed by atoms with Gasteiger partial charge in [0, 0.05) is 18.8 Å². The van der Waals surface area contributed by atoms with Gasteiger partial charge in [0.15, 0.2) is 4.34 Å². The maximum Gasteiger partial charge on any atom is 0.261 e. The van der Waals surface area contributed by atoms with Gasteiger partial charge in [-0.15, -0.1) is 10.2 Å². The van der Waals surface area contributed by atoms with E-state index in [0.29, 0.717) is 29.9 Å². The highest BCUT2D eigenvalue weighted by Gasteiger charge is 2.28. The third kappa shape index (κ3) is 5.51. The molecular formula is C19H26N4O4S3. The van der Waals surface area contributed by atoms with Crippen LogP contribution in [0.1, 0.15) is 43.5 Å². The van der Waals surface area contributed by atoms with Crippen LogP contribution in [0.3, 0.4) is 0 Å². The standard InChI is InChI=1S/C19H26N4O4S3/c1-13(2)12-28-19-22-21-18(29-19)20-17(24)15-11-14(7-8-16(15)27-3)30(25,26)23-9-5-4-6-10-23/h7-8,11,13H,4-6,9-10,12H2,1-3H3,(H,20,21,24). The molecule has 0 aliphatic carbocycles. The van der Waals surface area contributed by atoms with Crippen molar-refractivity contribution in [2.75, 3.05) is 31.3 Å². The number of hydrogen-bond donors (Lipinski definition) is 1. The highest BCUT2D eigenvalue weighted by molar-refractivity contribution is 8.01. The Morgan fingerprint density at radius 3 is 2.67 bits per heavy atom. The van der Waals surface area contributed by atoms with Crippen LogP contribution in [0.4, 0.5) is 5.13 Å². The van der Waals surface area contributed by atoms with E-state index in [1.807, 2.05) is 0 Å². The molecule has 30 heavy (non-hydrogen) atoms. The fraction of sp³-hybridized carbons (Fsp3) is 0.526. The number of sulfonamides is 1. The first-order valence-electron chi connectivity index (χ1n) is 9.77. The van der Waals surface area contributed by atoms with Gasteiger partial charge in [0.25, 0.3) is 5.91 Å². The van der Waals surface area contributed by atoms with Gasteiger partial charge in [-0.25, -0.2) is 8.42 Å². The van der Waals surface area contributed by atoms with E-state index in [2.05, 4.69) is 29.4 Å². The van der Waals surface area contributed by atoms with Crippen LogP contribution in [-0.4, -0.2) is 54.8 Å². The van der Waals surface area contributed by atoms with E-state index in [-0.39, 0.29) is 10.5 Å². The minimum Gasteiger partial charge on any atom is -0.496 e. The van der Waals surface area contributed by atoms with Gasteiger partial charge in [-0.1, -0.05) is 43.4 Å². The summed E-state index contributed by atoms with van der Waals surface area (Å²) in [6, 6.07) is 4.36. The monoisotopic (exact) mass is 470 g/mol. The van der Waals surface area contributed by atoms with Crippen LogP contribution >= 0.6 is 23.1 Å². The van der Waals surface area contributed by atoms with E-state index in [4.69, 9.17) is 4.74 Å². The Morgan fingerprint density at radius 1 is 1.27 bits per heavy atom. The van der Waals surface area contributed by atoms with Crippen molar-refractivity contribution in [2.24, 2.45) is 5.92 Å². The van der Waals surface area contributed by atoms with E-state index in [0.717, 1.165) is 29.4 Å². The first kappa shape index (κ1) is 23.0. The Kier molecular flexibility index (Phi) is 7.72. The molecule has 164 valence electrons. The number of carbonyl (C=O) groups excluding carboxylic acids is 1. The van der Waals surface area contributed by atoms with Gasteiger partial charge in [-0.3, -0.25) is 10.1 Å². The smallest absolute Gasteiger partial charge is 0.261 e. The second kappa shape index (κ2) is 10.1. The van der Waals surface area contributed by atoms with Crippen LogP contribution in [0.25, 0.3) is 0 Å². The molecular weight excluding hydrogens is 444 g/mol. The number of hydrogen-bond acceptors (Lipinski definition) is 8. The van der Waals surface area contributed by atoms with Gasteiger partial charge in [0.05, 0.1) is 17.6 Å². The molecule has 0 spiro atoms. The zero-order chi connectivity index (χ0) is 21.7. The summed E-state index contributed by atoms with van der Waals surface area (Å²) in [4.78, 5) is 12.9. The summed E-state index contributed by atoms with van der Waals surface area (Å²) in [5.74, 6) is 1.24. The Bertz CT molecular complexity index is 985. The number of methoxy groups -OCH3 is 1. The van der Waals surface area contributed by atoms with Gasteiger partial charge in [-0.05, 0) is 37.0 Å². The van der Waals surface area contributed by atoms with E-state index < -0.39 is 15.9 Å². The molecule has 1 aromatic heterocycles. The normalized spacial score (nSPS) is 15.3. The average Bonchev–Trinajstić information content (AvgIpc) is 3.19. The summed E-state index contributed by atoms with van der Waals surface area (Å²) in [5.41, 5.74) is 0.141. The molecule has 1 amide bonds. The Hall–Kier alpha value is -1.69. The lowest BCUT2D eigenvalue weighted by Gasteiger charge is -2.26. The van der Waals surface area contributed by atoms with Gasteiger partial charge < -0.3 is 4.74 Å². The SMILES string of the molecule is COc1ccc(S(=O)(=O)N2CCCCC2)cc1C(=O)Nc1nnc(SCC(C)C)s1. The zero-order valence-corrected chi connectivity index (χ0v) is 19.7. The lowest BCUT2D eigenvalue weighted by Crippen LogP contribution is -2.35. The van der Waals surface area contributed by atoms with E-state index in [1.165, 1.54) is 41.0 Å². The molecule has 0 radical (unpaired) electrons. The number of aromatic nitrogens is 2. The molecule has 1 saturated heterocycles. The second-order valence-corrected chi connectivity index (χ2v) is 11.5. The lowest BCUT2D eigenvalue weighted by atomic mass is 10.2. The Labute approximate surface area is 185 Å². The number of ether oxygens (including phenoxy) is 1. The maximum absolute atomic E-state index is 13.0. The highest BCUT2D eigenvalue weighted by atomic mass is 32.2. The van der Waals surface area contributed by atoms with E-state index in [1.54, 1.807) is 11.8 Å². The fourth-order valence-electron chi connectivity index (χ4n) is 3.00. The van der Waals surface area contributed by atoms with Crippen LogP contribution in [0, 0.1) is 5.92 Å². The van der Waals surface area contributed by atoms with Crippen molar-refractivity contribution in [3.63, 3.8) is 0 Å². The van der Waals surface area contributed by atoms with Crippen LogP contribution < -0.4 is 10.1 Å². The fourth-order valence-corrected chi connectivity index (χ4v) is 6.27. The molecule has 1 aromatic carbocycles. The average molecular weight is 471 g/mol. The predicted molar refractivity (Wildman–Crippen MR) is 119 cm³/mol. The quantitative estimate of drug-likeness (QED) is 0.463. The largest absolute Gasteiger partial charge is 0.496 e. The van der Waals surface area contributed by atoms with Gasteiger partial charge in [0.2, 0.25) is 15.2 Å². The molecule has 0 atom stereocenters. The Balaban J connectivity index is 1.80. The summed E-state index contributed by atoms with van der Waals surface area (Å²) in [5, 5.41) is 11.1. The second-order valence-electron chi connectivity index (χ2n) is 7.36. The molecule has 2 heterocycles. The number of rotatable bonds is 8. The van der Waals surface area contributed by atoms with Crippen LogP contribution in [0.2, 0.25) is 0 Å². The molecule has 0 unspecified atom stereocenters. The van der Waals surface area contributed by atoms with Crippen molar-refractivity contribution < 1.29 is 17.9 Å². The van der Waals surface area contributed by atoms with Gasteiger partial charge >= 0.3 is 0 Å². The molecule has 11 heteroatoms. The van der Waals surface area contributed by atoms with Crippen LogP contribution in [0.5, 0.6) is 5.75 Å². The molecule has 0 saturated carbocycles. The molecule has 1 fully saturated rings. The van der Waals surface area contributed by atoms with Crippen molar-refractivity contribution in [2.45, 2.75) is 42.3 Å². The highest BCUT2D eigenvalue weighted by Crippen LogP contribution is 2.29. The number of nitrogens with one attached hydrogen (secondary N) is 1. The molecule has 1 N–H and O–H groups in total. The van der Waals surface area contributed by atoms with Crippen molar-refractivity contribution in [1.29, 1.82) is 0 Å². The number of nitrogens with zero attached hydrogens (tertiary/aromatic N) is 3.